The van der Waals surface area contributed by atoms with Gasteiger partial charge in [-0.05, 0) is 24.6 Å². The molecule has 1 unspecified atom stereocenters. The van der Waals surface area contributed by atoms with Gasteiger partial charge < -0.3 is 20.3 Å². The molecule has 1 atom stereocenters. The number of nitrogens with one attached hydrogen (secondary N) is 1. The lowest BCUT2D eigenvalue weighted by Crippen LogP contribution is -2.33. The quantitative estimate of drug-likeness (QED) is 0.717. The molecule has 0 spiro atoms. The van der Waals surface area contributed by atoms with Gasteiger partial charge >= 0.3 is 0 Å². The van der Waals surface area contributed by atoms with Crippen molar-refractivity contribution >= 4 is 15.9 Å². The third-order valence-corrected chi connectivity index (χ3v) is 2.96. The molecule has 3 N–H and O–H groups in total. The SMILES string of the molecule is COCC(CCO)NCc1cc(Br)ccc1O. The molecule has 17 heavy (non-hydrogen) atoms. The zero-order chi connectivity index (χ0) is 12.7. The van der Waals surface area contributed by atoms with Crippen LogP contribution in [0.3, 0.4) is 0 Å². The number of ether oxygens (including phenoxy) is 1. The van der Waals surface area contributed by atoms with Gasteiger partial charge in [0, 0.05) is 36.3 Å². The minimum atomic E-state index is 0.0865. The topological polar surface area (TPSA) is 61.7 Å². The first-order chi connectivity index (χ1) is 8.17. The molecule has 0 aliphatic rings. The highest BCUT2D eigenvalue weighted by Gasteiger charge is 2.09. The largest absolute Gasteiger partial charge is 0.508 e. The van der Waals surface area contributed by atoms with Gasteiger partial charge in [0.05, 0.1) is 6.61 Å². The van der Waals surface area contributed by atoms with Crippen LogP contribution in [0, 0.1) is 0 Å². The first kappa shape index (κ1) is 14.4. The number of hydrogen-bond acceptors (Lipinski definition) is 4. The minimum absolute atomic E-state index is 0.0865. The highest BCUT2D eigenvalue weighted by atomic mass is 79.9. The van der Waals surface area contributed by atoms with Crippen molar-refractivity contribution in [1.82, 2.24) is 5.32 Å². The van der Waals surface area contributed by atoms with Crippen LogP contribution in [0.2, 0.25) is 0 Å². The predicted octanol–water partition coefficient (Wildman–Crippen LogP) is 1.64. The van der Waals surface area contributed by atoms with Gasteiger partial charge in [-0.1, -0.05) is 15.9 Å². The normalized spacial score (nSPS) is 12.6. The molecule has 0 radical (unpaired) electrons. The van der Waals surface area contributed by atoms with Crippen molar-refractivity contribution in [3.05, 3.63) is 28.2 Å². The lowest BCUT2D eigenvalue weighted by molar-refractivity contribution is 0.148. The molecule has 4 nitrogen and oxygen atoms in total. The van der Waals surface area contributed by atoms with E-state index in [0.29, 0.717) is 19.6 Å². The van der Waals surface area contributed by atoms with Crippen molar-refractivity contribution in [2.24, 2.45) is 0 Å². The Morgan fingerprint density at radius 1 is 1.47 bits per heavy atom. The fraction of sp³-hybridized carbons (Fsp3) is 0.500. The summed E-state index contributed by atoms with van der Waals surface area (Å²) in [4.78, 5) is 0. The maximum absolute atomic E-state index is 9.67. The summed E-state index contributed by atoms with van der Waals surface area (Å²) in [7, 11) is 1.63. The number of aliphatic hydroxyl groups excluding tert-OH is 1. The van der Waals surface area contributed by atoms with Crippen LogP contribution in [-0.4, -0.2) is 36.6 Å². The summed E-state index contributed by atoms with van der Waals surface area (Å²) in [5.41, 5.74) is 0.818. The van der Waals surface area contributed by atoms with Crippen molar-refractivity contribution in [1.29, 1.82) is 0 Å². The molecule has 0 saturated carbocycles. The molecule has 96 valence electrons. The number of aliphatic hydroxyl groups is 1. The number of rotatable bonds is 7. The number of halogens is 1. The van der Waals surface area contributed by atoms with Crippen LogP contribution >= 0.6 is 15.9 Å². The summed E-state index contributed by atoms with van der Waals surface area (Å²) < 4.78 is 5.98. The lowest BCUT2D eigenvalue weighted by Gasteiger charge is -2.17. The van der Waals surface area contributed by atoms with Crippen molar-refractivity contribution in [2.75, 3.05) is 20.3 Å². The van der Waals surface area contributed by atoms with Gasteiger partial charge in [-0.3, -0.25) is 0 Å². The first-order valence-corrected chi connectivity index (χ1v) is 6.27. The van der Waals surface area contributed by atoms with Crippen LogP contribution in [-0.2, 0) is 11.3 Å². The second-order valence-corrected chi connectivity index (χ2v) is 4.73. The molecule has 0 aliphatic carbocycles. The summed E-state index contributed by atoms with van der Waals surface area (Å²) in [6.07, 6.45) is 0.628. The van der Waals surface area contributed by atoms with Crippen LogP contribution in [0.5, 0.6) is 5.75 Å². The van der Waals surface area contributed by atoms with E-state index in [2.05, 4.69) is 21.2 Å². The fourth-order valence-electron chi connectivity index (χ4n) is 1.55. The summed E-state index contributed by atoms with van der Waals surface area (Å²) in [5.74, 6) is 0.265. The van der Waals surface area contributed by atoms with Crippen molar-refractivity contribution in [3.63, 3.8) is 0 Å². The van der Waals surface area contributed by atoms with Gasteiger partial charge in [-0.25, -0.2) is 0 Å². The molecule has 5 heteroatoms. The maximum Gasteiger partial charge on any atom is 0.120 e. The molecule has 0 saturated heterocycles. The van der Waals surface area contributed by atoms with E-state index in [1.807, 2.05) is 6.07 Å². The monoisotopic (exact) mass is 303 g/mol. The van der Waals surface area contributed by atoms with E-state index >= 15 is 0 Å². The Labute approximate surface area is 110 Å². The van der Waals surface area contributed by atoms with Crippen molar-refractivity contribution in [2.45, 2.75) is 19.0 Å². The Bertz CT molecular complexity index is 341. The highest BCUT2D eigenvalue weighted by molar-refractivity contribution is 9.10. The molecule has 0 heterocycles. The Morgan fingerprint density at radius 3 is 2.88 bits per heavy atom. The molecule has 1 aromatic carbocycles. The fourth-order valence-corrected chi connectivity index (χ4v) is 1.96. The highest BCUT2D eigenvalue weighted by Crippen LogP contribution is 2.21. The second kappa shape index (κ2) is 7.66. The number of phenols is 1. The molecular weight excluding hydrogens is 286 g/mol. The molecule has 0 amide bonds. The number of aromatic hydroxyl groups is 1. The van der Waals surface area contributed by atoms with Gasteiger partial charge in [0.25, 0.3) is 0 Å². The third-order valence-electron chi connectivity index (χ3n) is 2.47. The Hall–Kier alpha value is -0.620. The van der Waals surface area contributed by atoms with E-state index in [9.17, 15) is 5.11 Å². The minimum Gasteiger partial charge on any atom is -0.508 e. The van der Waals surface area contributed by atoms with Crippen LogP contribution in [0.15, 0.2) is 22.7 Å². The smallest absolute Gasteiger partial charge is 0.120 e. The zero-order valence-corrected chi connectivity index (χ0v) is 11.4. The van der Waals surface area contributed by atoms with E-state index in [1.54, 1.807) is 19.2 Å². The predicted molar refractivity (Wildman–Crippen MR) is 70.0 cm³/mol. The van der Waals surface area contributed by atoms with Gasteiger partial charge in [0.1, 0.15) is 5.75 Å². The van der Waals surface area contributed by atoms with E-state index < -0.39 is 0 Å². The number of hydrogen-bond donors (Lipinski definition) is 3. The molecule has 1 rings (SSSR count). The second-order valence-electron chi connectivity index (χ2n) is 3.82. The average molecular weight is 304 g/mol. The Morgan fingerprint density at radius 2 is 2.24 bits per heavy atom. The standard InChI is InChI=1S/C12H18BrNO3/c1-17-8-11(4-5-15)14-7-9-6-10(13)2-3-12(9)16/h2-3,6,11,14-16H,4-5,7-8H2,1H3. The molecule has 0 aromatic heterocycles. The van der Waals surface area contributed by atoms with E-state index in [-0.39, 0.29) is 18.4 Å². The summed E-state index contributed by atoms with van der Waals surface area (Å²) in [6, 6.07) is 5.39. The average Bonchev–Trinajstić information content (AvgIpc) is 2.30. The van der Waals surface area contributed by atoms with Crippen molar-refractivity contribution in [3.8, 4) is 5.75 Å². The van der Waals surface area contributed by atoms with Crippen LogP contribution in [0.25, 0.3) is 0 Å². The molecule has 0 bridgehead atoms. The number of benzene rings is 1. The van der Waals surface area contributed by atoms with Gasteiger partial charge in [-0.2, -0.15) is 0 Å². The van der Waals surface area contributed by atoms with Gasteiger partial charge in [0.2, 0.25) is 0 Å². The molecule has 0 fully saturated rings. The summed E-state index contributed by atoms with van der Waals surface area (Å²) >= 11 is 3.36. The van der Waals surface area contributed by atoms with Crippen LogP contribution < -0.4 is 5.32 Å². The molecule has 1 aromatic rings. The zero-order valence-electron chi connectivity index (χ0n) is 9.82. The molecule has 0 aliphatic heterocycles. The van der Waals surface area contributed by atoms with Gasteiger partial charge in [-0.15, -0.1) is 0 Å². The van der Waals surface area contributed by atoms with Crippen LogP contribution in [0.4, 0.5) is 0 Å². The maximum atomic E-state index is 9.67. The summed E-state index contributed by atoms with van der Waals surface area (Å²) in [5, 5.41) is 21.8. The molecular formula is C12H18BrNO3. The number of methoxy groups -OCH3 is 1. The van der Waals surface area contributed by atoms with E-state index in [1.165, 1.54) is 0 Å². The van der Waals surface area contributed by atoms with E-state index in [4.69, 9.17) is 9.84 Å². The third kappa shape index (κ3) is 5.04. The Balaban J connectivity index is 2.55. The van der Waals surface area contributed by atoms with Crippen LogP contribution in [0.1, 0.15) is 12.0 Å². The number of phenolic OH excluding ortho intramolecular Hbond substituents is 1. The Kier molecular flexibility index (Phi) is 6.50. The van der Waals surface area contributed by atoms with E-state index in [0.717, 1.165) is 10.0 Å². The first-order valence-electron chi connectivity index (χ1n) is 5.48. The van der Waals surface area contributed by atoms with Crippen molar-refractivity contribution < 1.29 is 14.9 Å². The lowest BCUT2D eigenvalue weighted by atomic mass is 10.1. The van der Waals surface area contributed by atoms with Gasteiger partial charge in [0.15, 0.2) is 0 Å². The summed E-state index contributed by atoms with van der Waals surface area (Å²) in [6.45, 7) is 1.19.